The summed E-state index contributed by atoms with van der Waals surface area (Å²) >= 11 is 0. The van der Waals surface area contributed by atoms with Crippen molar-refractivity contribution in [3.05, 3.63) is 59.3 Å². The SMILES string of the molecule is CONc1ncnc2ncn(C/C=C(\C)CC/C=C(\C)CC/C=C(\C)CCC=C(C)C)c12. The molecule has 0 unspecified atom stereocenters. The van der Waals surface area contributed by atoms with Crippen molar-refractivity contribution in [2.45, 2.75) is 79.7 Å². The monoisotopic (exact) mass is 437 g/mol. The molecule has 0 bridgehead atoms. The highest BCUT2D eigenvalue weighted by Crippen LogP contribution is 2.19. The lowest BCUT2D eigenvalue weighted by atomic mass is 10.0. The lowest BCUT2D eigenvalue weighted by molar-refractivity contribution is 0.269. The lowest BCUT2D eigenvalue weighted by Gasteiger charge is -2.07. The summed E-state index contributed by atoms with van der Waals surface area (Å²) in [5.74, 6) is 0.626. The number of aromatic nitrogens is 4. The molecule has 0 aromatic carbocycles. The van der Waals surface area contributed by atoms with E-state index in [-0.39, 0.29) is 0 Å². The number of imidazole rings is 1. The Morgan fingerprint density at radius 1 is 0.844 bits per heavy atom. The molecule has 0 radical (unpaired) electrons. The number of nitrogens with one attached hydrogen (secondary N) is 1. The van der Waals surface area contributed by atoms with Gasteiger partial charge in [0.05, 0.1) is 13.4 Å². The lowest BCUT2D eigenvalue weighted by Crippen LogP contribution is -2.03. The summed E-state index contributed by atoms with van der Waals surface area (Å²) in [6.07, 6.45) is 19.3. The molecule has 0 saturated carbocycles. The Morgan fingerprint density at radius 3 is 2.03 bits per heavy atom. The second-order valence-electron chi connectivity index (χ2n) is 8.65. The fraction of sp³-hybridized carbons (Fsp3) is 0.500. The highest BCUT2D eigenvalue weighted by atomic mass is 16.6. The molecule has 0 atom stereocenters. The molecule has 0 aliphatic heterocycles. The van der Waals surface area contributed by atoms with Crippen LogP contribution in [0.4, 0.5) is 5.82 Å². The van der Waals surface area contributed by atoms with Crippen LogP contribution in [0.1, 0.15) is 73.1 Å². The van der Waals surface area contributed by atoms with Crippen LogP contribution in [0.15, 0.2) is 59.3 Å². The molecule has 2 heterocycles. The van der Waals surface area contributed by atoms with Crippen LogP contribution in [0.25, 0.3) is 11.2 Å². The van der Waals surface area contributed by atoms with E-state index in [0.29, 0.717) is 11.5 Å². The number of hydrogen-bond donors (Lipinski definition) is 1. The molecule has 2 rings (SSSR count). The van der Waals surface area contributed by atoms with E-state index < -0.39 is 0 Å². The topological polar surface area (TPSA) is 64.9 Å². The Bertz CT molecular complexity index is 977. The van der Waals surface area contributed by atoms with Crippen molar-refractivity contribution in [1.82, 2.24) is 19.5 Å². The van der Waals surface area contributed by atoms with E-state index >= 15 is 0 Å². The number of rotatable bonds is 13. The normalized spacial score (nSPS) is 13.0. The maximum Gasteiger partial charge on any atom is 0.183 e. The summed E-state index contributed by atoms with van der Waals surface area (Å²) in [6, 6.07) is 0. The van der Waals surface area contributed by atoms with Gasteiger partial charge in [0.2, 0.25) is 0 Å². The van der Waals surface area contributed by atoms with Crippen molar-refractivity contribution >= 4 is 17.0 Å². The Hall–Kier alpha value is -2.73. The fourth-order valence-electron chi connectivity index (χ4n) is 3.46. The number of allylic oxidation sites excluding steroid dienone is 8. The Balaban J connectivity index is 1.80. The first kappa shape index (κ1) is 25.5. The van der Waals surface area contributed by atoms with Crippen LogP contribution in [0.2, 0.25) is 0 Å². The molecule has 0 aliphatic rings. The van der Waals surface area contributed by atoms with Gasteiger partial charge in [-0.2, -0.15) is 0 Å². The first-order valence-electron chi connectivity index (χ1n) is 11.5. The quantitative estimate of drug-likeness (QED) is 0.271. The van der Waals surface area contributed by atoms with Crippen LogP contribution in [0.3, 0.4) is 0 Å². The molecule has 0 spiro atoms. The summed E-state index contributed by atoms with van der Waals surface area (Å²) in [7, 11) is 1.57. The van der Waals surface area contributed by atoms with Gasteiger partial charge in [-0.05, 0) is 73.1 Å². The molecule has 6 nitrogen and oxygen atoms in total. The van der Waals surface area contributed by atoms with Crippen molar-refractivity contribution in [2.75, 3.05) is 12.6 Å². The van der Waals surface area contributed by atoms with Gasteiger partial charge in [-0.15, -0.1) is 0 Å². The minimum atomic E-state index is 0.626. The zero-order valence-corrected chi connectivity index (χ0v) is 20.6. The molecule has 32 heavy (non-hydrogen) atoms. The highest BCUT2D eigenvalue weighted by molar-refractivity contribution is 5.82. The highest BCUT2D eigenvalue weighted by Gasteiger charge is 2.09. The molecule has 174 valence electrons. The van der Waals surface area contributed by atoms with Crippen molar-refractivity contribution in [2.24, 2.45) is 0 Å². The second-order valence-corrected chi connectivity index (χ2v) is 8.65. The van der Waals surface area contributed by atoms with Gasteiger partial charge in [0.1, 0.15) is 11.8 Å². The van der Waals surface area contributed by atoms with E-state index in [1.165, 1.54) is 35.0 Å². The fourth-order valence-corrected chi connectivity index (χ4v) is 3.46. The van der Waals surface area contributed by atoms with Gasteiger partial charge in [0.15, 0.2) is 11.5 Å². The maximum absolute atomic E-state index is 5.02. The van der Waals surface area contributed by atoms with Crippen LogP contribution in [0.5, 0.6) is 0 Å². The van der Waals surface area contributed by atoms with E-state index in [1.807, 2.05) is 4.57 Å². The standard InChI is InChI=1S/C26H39N5O/c1-20(2)10-7-11-21(3)12-8-13-22(4)14-9-15-23(5)16-17-31-19-29-25-24(31)26(30-32-6)28-18-27-25/h10,12,14,16,18-19H,7-9,11,13,15,17H2,1-6H3,(H,27,28,30)/b21-12+,22-14+,23-16+. The molecule has 0 fully saturated rings. The van der Waals surface area contributed by atoms with Crippen LogP contribution < -0.4 is 5.48 Å². The van der Waals surface area contributed by atoms with Gasteiger partial charge in [0, 0.05) is 6.54 Å². The minimum Gasteiger partial charge on any atom is -0.322 e. The van der Waals surface area contributed by atoms with Gasteiger partial charge in [-0.25, -0.2) is 20.4 Å². The molecule has 2 aromatic heterocycles. The minimum absolute atomic E-state index is 0.626. The summed E-state index contributed by atoms with van der Waals surface area (Å²) in [4.78, 5) is 17.8. The third-order valence-electron chi connectivity index (χ3n) is 5.40. The van der Waals surface area contributed by atoms with Gasteiger partial charge < -0.3 is 4.57 Å². The molecular formula is C26H39N5O. The van der Waals surface area contributed by atoms with Crippen LogP contribution in [-0.2, 0) is 11.4 Å². The predicted octanol–water partition coefficient (Wildman–Crippen LogP) is 6.95. The van der Waals surface area contributed by atoms with Gasteiger partial charge in [-0.3, -0.25) is 4.84 Å². The van der Waals surface area contributed by atoms with Crippen LogP contribution >= 0.6 is 0 Å². The molecule has 2 aromatic rings. The van der Waals surface area contributed by atoms with Gasteiger partial charge >= 0.3 is 0 Å². The first-order chi connectivity index (χ1) is 15.4. The number of nitrogens with zero attached hydrogens (tertiary/aromatic N) is 4. The molecule has 0 saturated heterocycles. The van der Waals surface area contributed by atoms with Crippen molar-refractivity contribution < 1.29 is 4.84 Å². The third kappa shape index (κ3) is 8.79. The second kappa shape index (κ2) is 13.6. The van der Waals surface area contributed by atoms with E-state index in [1.54, 1.807) is 13.4 Å². The van der Waals surface area contributed by atoms with E-state index in [2.05, 4.69) is 79.4 Å². The van der Waals surface area contributed by atoms with E-state index in [4.69, 9.17) is 4.84 Å². The van der Waals surface area contributed by atoms with Crippen LogP contribution in [-0.4, -0.2) is 26.6 Å². The number of anilines is 1. The number of fused-ring (bicyclic) bond motifs is 1. The van der Waals surface area contributed by atoms with Gasteiger partial charge in [-0.1, -0.05) is 46.6 Å². The van der Waals surface area contributed by atoms with Crippen molar-refractivity contribution in [3.63, 3.8) is 0 Å². The Kier molecular flexibility index (Phi) is 10.9. The molecule has 0 aliphatic carbocycles. The largest absolute Gasteiger partial charge is 0.322 e. The average Bonchev–Trinajstić information content (AvgIpc) is 3.16. The average molecular weight is 438 g/mol. The Morgan fingerprint density at radius 2 is 1.44 bits per heavy atom. The smallest absolute Gasteiger partial charge is 0.183 e. The molecule has 0 amide bonds. The summed E-state index contributed by atoms with van der Waals surface area (Å²) in [5, 5.41) is 0. The van der Waals surface area contributed by atoms with Gasteiger partial charge in [0.25, 0.3) is 0 Å². The predicted molar refractivity (Wildman–Crippen MR) is 134 cm³/mol. The number of hydrogen-bond acceptors (Lipinski definition) is 5. The zero-order chi connectivity index (χ0) is 23.3. The summed E-state index contributed by atoms with van der Waals surface area (Å²) in [5.41, 5.74) is 10.0. The third-order valence-corrected chi connectivity index (χ3v) is 5.40. The molecular weight excluding hydrogens is 398 g/mol. The summed E-state index contributed by atoms with van der Waals surface area (Å²) in [6.45, 7) is 11.7. The van der Waals surface area contributed by atoms with Crippen molar-refractivity contribution in [1.29, 1.82) is 0 Å². The Labute approximate surface area is 193 Å². The van der Waals surface area contributed by atoms with Crippen LogP contribution in [0, 0.1) is 0 Å². The summed E-state index contributed by atoms with van der Waals surface area (Å²) < 4.78 is 2.04. The molecule has 6 heteroatoms. The molecule has 1 N–H and O–H groups in total. The first-order valence-corrected chi connectivity index (χ1v) is 11.5. The maximum atomic E-state index is 5.02. The van der Waals surface area contributed by atoms with E-state index in [9.17, 15) is 0 Å². The van der Waals surface area contributed by atoms with Crippen molar-refractivity contribution in [3.8, 4) is 0 Å². The zero-order valence-electron chi connectivity index (χ0n) is 20.6. The van der Waals surface area contributed by atoms with E-state index in [0.717, 1.165) is 44.2 Å².